The zero-order valence-corrected chi connectivity index (χ0v) is 15.3. The van der Waals surface area contributed by atoms with E-state index in [-0.39, 0.29) is 0 Å². The minimum Gasteiger partial charge on any atom is -0.390 e. The molecule has 2 aromatic heterocycles. The first kappa shape index (κ1) is 16.9. The van der Waals surface area contributed by atoms with Gasteiger partial charge < -0.3 is 5.11 Å². The van der Waals surface area contributed by atoms with Crippen molar-refractivity contribution in [3.63, 3.8) is 0 Å². The molecular weight excluding hydrogens is 324 g/mol. The molecule has 1 saturated carbocycles. The Kier molecular flexibility index (Phi) is 4.32. The third kappa shape index (κ3) is 3.83. The fourth-order valence-electron chi connectivity index (χ4n) is 2.94. The SMILES string of the molecule is CC(C)(O)CCc1ccc(-c2nc(C3CC3)nn2-c2ccccn2)cc1. The molecule has 3 aromatic rings. The van der Waals surface area contributed by atoms with Gasteiger partial charge in [0.05, 0.1) is 5.60 Å². The Balaban J connectivity index is 1.64. The summed E-state index contributed by atoms with van der Waals surface area (Å²) < 4.78 is 1.85. The summed E-state index contributed by atoms with van der Waals surface area (Å²) in [4.78, 5) is 9.24. The first-order valence-electron chi connectivity index (χ1n) is 9.20. The first-order chi connectivity index (χ1) is 12.5. The fourth-order valence-corrected chi connectivity index (χ4v) is 2.94. The maximum absolute atomic E-state index is 9.91. The van der Waals surface area contributed by atoms with Crippen molar-refractivity contribution in [1.82, 2.24) is 19.7 Å². The Bertz CT molecular complexity index is 875. The van der Waals surface area contributed by atoms with Crippen molar-refractivity contribution in [2.45, 2.75) is 51.0 Å². The quantitative estimate of drug-likeness (QED) is 0.733. The third-order valence-corrected chi connectivity index (χ3v) is 4.67. The van der Waals surface area contributed by atoms with E-state index in [9.17, 15) is 5.11 Å². The summed E-state index contributed by atoms with van der Waals surface area (Å²) in [5.41, 5.74) is 1.60. The van der Waals surface area contributed by atoms with Crippen LogP contribution >= 0.6 is 0 Å². The normalized spacial score (nSPS) is 14.6. The van der Waals surface area contributed by atoms with Crippen molar-refractivity contribution in [2.24, 2.45) is 0 Å². The molecule has 0 atom stereocenters. The number of nitrogens with zero attached hydrogens (tertiary/aromatic N) is 4. The van der Waals surface area contributed by atoms with Crippen LogP contribution in [0.1, 0.15) is 50.4 Å². The van der Waals surface area contributed by atoms with Crippen LogP contribution in [0.4, 0.5) is 0 Å². The lowest BCUT2D eigenvalue weighted by Crippen LogP contribution is -2.19. The van der Waals surface area contributed by atoms with Crippen molar-refractivity contribution in [1.29, 1.82) is 0 Å². The molecule has 0 spiro atoms. The van der Waals surface area contributed by atoms with Gasteiger partial charge in [-0.15, -0.1) is 5.10 Å². The molecule has 1 aliphatic rings. The van der Waals surface area contributed by atoms with Crippen molar-refractivity contribution in [3.8, 4) is 17.2 Å². The Morgan fingerprint density at radius 3 is 2.50 bits per heavy atom. The monoisotopic (exact) mass is 348 g/mol. The average Bonchev–Trinajstić information content (AvgIpc) is 3.39. The highest BCUT2D eigenvalue weighted by atomic mass is 16.3. The van der Waals surface area contributed by atoms with Gasteiger partial charge in [0.25, 0.3) is 0 Å². The number of benzene rings is 1. The van der Waals surface area contributed by atoms with Crippen LogP contribution in [0.3, 0.4) is 0 Å². The Morgan fingerprint density at radius 1 is 1.12 bits per heavy atom. The van der Waals surface area contributed by atoms with E-state index in [0.29, 0.717) is 5.92 Å². The van der Waals surface area contributed by atoms with Gasteiger partial charge >= 0.3 is 0 Å². The molecule has 2 heterocycles. The molecule has 1 aromatic carbocycles. The number of pyridine rings is 1. The van der Waals surface area contributed by atoms with Gasteiger partial charge in [-0.1, -0.05) is 30.3 Å². The number of hydrogen-bond acceptors (Lipinski definition) is 4. The molecule has 1 aliphatic carbocycles. The van der Waals surface area contributed by atoms with Crippen LogP contribution in [0.2, 0.25) is 0 Å². The van der Waals surface area contributed by atoms with Crippen LogP contribution in [0, 0.1) is 0 Å². The van der Waals surface area contributed by atoms with E-state index < -0.39 is 5.60 Å². The lowest BCUT2D eigenvalue weighted by atomic mass is 9.98. The van der Waals surface area contributed by atoms with Crippen molar-refractivity contribution < 1.29 is 5.11 Å². The summed E-state index contributed by atoms with van der Waals surface area (Å²) in [7, 11) is 0. The van der Waals surface area contributed by atoms with E-state index in [4.69, 9.17) is 10.1 Å². The molecule has 4 rings (SSSR count). The van der Waals surface area contributed by atoms with Crippen molar-refractivity contribution in [3.05, 3.63) is 60.0 Å². The maximum Gasteiger partial charge on any atom is 0.165 e. The van der Waals surface area contributed by atoms with E-state index in [1.54, 1.807) is 6.20 Å². The van der Waals surface area contributed by atoms with Crippen LogP contribution in [0.25, 0.3) is 17.2 Å². The molecule has 5 nitrogen and oxygen atoms in total. The van der Waals surface area contributed by atoms with E-state index in [0.717, 1.165) is 35.9 Å². The highest BCUT2D eigenvalue weighted by molar-refractivity contribution is 5.58. The fraction of sp³-hybridized carbons (Fsp3) is 0.381. The molecule has 1 fully saturated rings. The highest BCUT2D eigenvalue weighted by Gasteiger charge is 2.29. The van der Waals surface area contributed by atoms with Gasteiger partial charge in [-0.25, -0.2) is 9.97 Å². The number of aliphatic hydroxyl groups is 1. The molecule has 0 radical (unpaired) electrons. The molecular formula is C21H24N4O. The van der Waals surface area contributed by atoms with Crippen LogP contribution in [0.15, 0.2) is 48.7 Å². The van der Waals surface area contributed by atoms with Crippen molar-refractivity contribution in [2.75, 3.05) is 0 Å². The smallest absolute Gasteiger partial charge is 0.165 e. The zero-order chi connectivity index (χ0) is 18.1. The van der Waals surface area contributed by atoms with E-state index in [2.05, 4.69) is 29.2 Å². The number of rotatable bonds is 6. The van der Waals surface area contributed by atoms with E-state index >= 15 is 0 Å². The van der Waals surface area contributed by atoms with Crippen LogP contribution < -0.4 is 0 Å². The van der Waals surface area contributed by atoms with Gasteiger partial charge in [0.2, 0.25) is 0 Å². The molecule has 0 amide bonds. The topological polar surface area (TPSA) is 63.8 Å². The Labute approximate surface area is 153 Å². The molecule has 0 unspecified atom stereocenters. The number of aromatic nitrogens is 4. The molecule has 5 heteroatoms. The predicted octanol–water partition coefficient (Wildman–Crippen LogP) is 3.91. The second-order valence-electron chi connectivity index (χ2n) is 7.68. The average molecular weight is 348 g/mol. The number of aryl methyl sites for hydroxylation is 1. The highest BCUT2D eigenvalue weighted by Crippen LogP contribution is 2.39. The van der Waals surface area contributed by atoms with Gasteiger partial charge in [-0.3, -0.25) is 0 Å². The lowest BCUT2D eigenvalue weighted by Gasteiger charge is -2.16. The minimum atomic E-state index is -0.642. The molecule has 1 N–H and O–H groups in total. The van der Waals surface area contributed by atoms with E-state index in [1.165, 1.54) is 18.4 Å². The van der Waals surface area contributed by atoms with Crippen LogP contribution in [-0.4, -0.2) is 30.5 Å². The molecule has 0 aliphatic heterocycles. The van der Waals surface area contributed by atoms with Gasteiger partial charge in [0.15, 0.2) is 17.5 Å². The van der Waals surface area contributed by atoms with Crippen molar-refractivity contribution >= 4 is 0 Å². The summed E-state index contributed by atoms with van der Waals surface area (Å²) in [6, 6.07) is 14.2. The lowest BCUT2D eigenvalue weighted by molar-refractivity contribution is 0.0714. The zero-order valence-electron chi connectivity index (χ0n) is 15.3. The molecule has 134 valence electrons. The van der Waals surface area contributed by atoms with Gasteiger partial charge in [0, 0.05) is 17.7 Å². The van der Waals surface area contributed by atoms with Crippen LogP contribution in [0.5, 0.6) is 0 Å². The summed E-state index contributed by atoms with van der Waals surface area (Å²) in [5, 5.41) is 14.6. The Morgan fingerprint density at radius 2 is 1.88 bits per heavy atom. The minimum absolute atomic E-state index is 0.491. The Hall–Kier alpha value is -2.53. The number of hydrogen-bond donors (Lipinski definition) is 1. The summed E-state index contributed by atoms with van der Waals surface area (Å²) in [6.45, 7) is 3.69. The summed E-state index contributed by atoms with van der Waals surface area (Å²) in [5.74, 6) is 3.02. The second-order valence-corrected chi connectivity index (χ2v) is 7.68. The van der Waals surface area contributed by atoms with Gasteiger partial charge in [-0.05, 0) is 57.2 Å². The largest absolute Gasteiger partial charge is 0.390 e. The molecule has 0 bridgehead atoms. The van der Waals surface area contributed by atoms with Crippen LogP contribution in [-0.2, 0) is 6.42 Å². The predicted molar refractivity (Wildman–Crippen MR) is 101 cm³/mol. The second kappa shape index (κ2) is 6.65. The standard InChI is InChI=1S/C21H24N4O/c1-21(2,26)13-12-15-6-8-17(9-7-15)20-23-19(16-10-11-16)24-25(20)18-5-3-4-14-22-18/h3-9,14,16,26H,10-13H2,1-2H3. The third-order valence-electron chi connectivity index (χ3n) is 4.67. The van der Waals surface area contributed by atoms with Gasteiger partial charge in [0.1, 0.15) is 0 Å². The molecule has 0 saturated heterocycles. The van der Waals surface area contributed by atoms with E-state index in [1.807, 2.05) is 36.7 Å². The maximum atomic E-state index is 9.91. The summed E-state index contributed by atoms with van der Waals surface area (Å²) >= 11 is 0. The molecule has 26 heavy (non-hydrogen) atoms. The van der Waals surface area contributed by atoms with Gasteiger partial charge in [-0.2, -0.15) is 4.68 Å². The summed E-state index contributed by atoms with van der Waals surface area (Å²) in [6.07, 6.45) is 5.70. The first-order valence-corrected chi connectivity index (χ1v) is 9.20.